The van der Waals surface area contributed by atoms with E-state index in [1.807, 2.05) is 29.6 Å². The molecule has 0 fully saturated rings. The third kappa shape index (κ3) is 4.86. The number of methoxy groups -OCH3 is 2. The van der Waals surface area contributed by atoms with Crippen LogP contribution < -0.4 is 14.2 Å². The van der Waals surface area contributed by atoms with Gasteiger partial charge in [0.1, 0.15) is 0 Å². The normalized spacial score (nSPS) is 15.8. The average Bonchev–Trinajstić information content (AvgIpc) is 3.47. The second-order valence-corrected chi connectivity index (χ2v) is 10.1. The van der Waals surface area contributed by atoms with Crippen molar-refractivity contribution in [3.05, 3.63) is 76.0 Å². The van der Waals surface area contributed by atoms with Crippen molar-refractivity contribution in [1.82, 2.24) is 5.01 Å². The third-order valence-electron chi connectivity index (χ3n) is 5.14. The van der Waals surface area contributed by atoms with Crippen molar-refractivity contribution >= 4 is 38.7 Å². The van der Waals surface area contributed by atoms with Crippen molar-refractivity contribution in [2.24, 2.45) is 5.10 Å². The van der Waals surface area contributed by atoms with Gasteiger partial charge in [0.15, 0.2) is 11.5 Å². The molecule has 0 saturated heterocycles. The summed E-state index contributed by atoms with van der Waals surface area (Å²) in [5.74, 6) is 0.879. The maximum atomic E-state index is 13.3. The monoisotopic (exact) mass is 485 g/mol. The highest BCUT2D eigenvalue weighted by atomic mass is 32.2. The van der Waals surface area contributed by atoms with Crippen LogP contribution in [0.4, 0.5) is 5.69 Å². The molecule has 1 aromatic heterocycles. The van der Waals surface area contributed by atoms with Crippen LogP contribution in [-0.2, 0) is 10.0 Å². The van der Waals surface area contributed by atoms with Gasteiger partial charge in [0.25, 0.3) is 5.91 Å². The highest BCUT2D eigenvalue weighted by Gasteiger charge is 2.36. The Kier molecular flexibility index (Phi) is 6.39. The number of nitrogens with one attached hydrogen (secondary N) is 1. The highest BCUT2D eigenvalue weighted by Crippen LogP contribution is 2.42. The van der Waals surface area contributed by atoms with E-state index in [9.17, 15) is 13.2 Å². The minimum absolute atomic E-state index is 0.222. The molecule has 1 N–H and O–H groups in total. The number of sulfonamides is 1. The predicted octanol–water partition coefficient (Wildman–Crippen LogP) is 4.13. The molecular formula is C23H23N3O5S2. The van der Waals surface area contributed by atoms with Crippen molar-refractivity contribution in [3.63, 3.8) is 0 Å². The van der Waals surface area contributed by atoms with Gasteiger partial charge in [0, 0.05) is 17.7 Å². The molecule has 2 aromatic carbocycles. The lowest BCUT2D eigenvalue weighted by molar-refractivity contribution is 0.0714. The first-order chi connectivity index (χ1) is 15.8. The minimum atomic E-state index is -3.43. The molecule has 0 saturated carbocycles. The highest BCUT2D eigenvalue weighted by molar-refractivity contribution is 7.92. The van der Waals surface area contributed by atoms with E-state index in [-0.39, 0.29) is 5.91 Å². The Hall–Kier alpha value is -3.37. The van der Waals surface area contributed by atoms with Gasteiger partial charge in [-0.15, -0.1) is 11.3 Å². The van der Waals surface area contributed by atoms with Gasteiger partial charge in [0.05, 0.1) is 37.1 Å². The zero-order valence-electron chi connectivity index (χ0n) is 18.3. The van der Waals surface area contributed by atoms with Crippen molar-refractivity contribution in [2.75, 3.05) is 25.2 Å². The van der Waals surface area contributed by atoms with Gasteiger partial charge in [-0.05, 0) is 35.2 Å². The molecule has 0 unspecified atom stereocenters. The van der Waals surface area contributed by atoms with E-state index in [4.69, 9.17) is 9.47 Å². The Balaban J connectivity index is 1.77. The molecule has 10 heteroatoms. The van der Waals surface area contributed by atoms with Gasteiger partial charge in [0.2, 0.25) is 10.0 Å². The number of amides is 1. The molecule has 1 amide bonds. The van der Waals surface area contributed by atoms with Crippen LogP contribution in [0.1, 0.15) is 33.3 Å². The summed E-state index contributed by atoms with van der Waals surface area (Å²) >= 11 is 1.35. The molecule has 2 heterocycles. The van der Waals surface area contributed by atoms with E-state index in [2.05, 4.69) is 9.82 Å². The van der Waals surface area contributed by atoms with Crippen LogP contribution in [-0.4, -0.2) is 45.5 Å². The van der Waals surface area contributed by atoms with Gasteiger partial charge < -0.3 is 9.47 Å². The number of carbonyl (C=O) groups excluding carboxylic acids is 1. The Labute approximate surface area is 196 Å². The van der Waals surface area contributed by atoms with Gasteiger partial charge in [-0.1, -0.05) is 30.3 Å². The Morgan fingerprint density at radius 1 is 1.12 bits per heavy atom. The number of hydrogen-bond donors (Lipinski definition) is 1. The fourth-order valence-electron chi connectivity index (χ4n) is 3.78. The van der Waals surface area contributed by atoms with Crippen LogP contribution in [0.25, 0.3) is 0 Å². The fraction of sp³-hybridized carbons (Fsp3) is 0.217. The molecule has 1 atom stereocenters. The molecule has 0 bridgehead atoms. The topological polar surface area (TPSA) is 97.3 Å². The van der Waals surface area contributed by atoms with E-state index in [0.29, 0.717) is 34.2 Å². The second-order valence-electron chi connectivity index (χ2n) is 7.43. The van der Waals surface area contributed by atoms with Crippen molar-refractivity contribution in [1.29, 1.82) is 0 Å². The maximum Gasteiger partial charge on any atom is 0.284 e. The van der Waals surface area contributed by atoms with E-state index in [1.165, 1.54) is 16.3 Å². The zero-order valence-corrected chi connectivity index (χ0v) is 19.9. The van der Waals surface area contributed by atoms with Crippen LogP contribution in [0.3, 0.4) is 0 Å². The number of hydrazone groups is 1. The number of rotatable bonds is 7. The van der Waals surface area contributed by atoms with Gasteiger partial charge in [-0.25, -0.2) is 13.4 Å². The van der Waals surface area contributed by atoms with E-state index < -0.39 is 16.1 Å². The van der Waals surface area contributed by atoms with Crippen LogP contribution in [0, 0.1) is 0 Å². The Morgan fingerprint density at radius 3 is 2.58 bits per heavy atom. The molecule has 172 valence electrons. The Morgan fingerprint density at radius 2 is 1.91 bits per heavy atom. The van der Waals surface area contributed by atoms with Crippen LogP contribution in [0.2, 0.25) is 0 Å². The summed E-state index contributed by atoms with van der Waals surface area (Å²) in [5, 5.41) is 7.98. The van der Waals surface area contributed by atoms with Crippen LogP contribution in [0.15, 0.2) is 65.1 Å². The summed E-state index contributed by atoms with van der Waals surface area (Å²) in [6.07, 6.45) is 1.52. The molecular weight excluding hydrogens is 462 g/mol. The first-order valence-corrected chi connectivity index (χ1v) is 12.8. The number of nitrogens with zero attached hydrogens (tertiary/aromatic N) is 2. The van der Waals surface area contributed by atoms with E-state index in [1.54, 1.807) is 44.6 Å². The molecule has 8 nitrogen and oxygen atoms in total. The summed E-state index contributed by atoms with van der Waals surface area (Å²) in [6, 6.07) is 15.6. The lowest BCUT2D eigenvalue weighted by atomic mass is 9.97. The summed E-state index contributed by atoms with van der Waals surface area (Å²) in [4.78, 5) is 13.9. The summed E-state index contributed by atoms with van der Waals surface area (Å²) in [5.41, 5.74) is 2.58. The smallest absolute Gasteiger partial charge is 0.284 e. The summed E-state index contributed by atoms with van der Waals surface area (Å²) < 4.78 is 36.9. The molecule has 1 aliphatic heterocycles. The number of carbonyl (C=O) groups is 1. The minimum Gasteiger partial charge on any atom is -0.493 e. The maximum absolute atomic E-state index is 13.3. The number of ether oxygens (including phenoxy) is 2. The van der Waals surface area contributed by atoms with Gasteiger partial charge >= 0.3 is 0 Å². The number of anilines is 1. The molecule has 3 aromatic rings. The fourth-order valence-corrected chi connectivity index (χ4v) is 4.99. The lowest BCUT2D eigenvalue weighted by Crippen LogP contribution is -2.26. The average molecular weight is 486 g/mol. The number of benzene rings is 2. The summed E-state index contributed by atoms with van der Waals surface area (Å²) in [7, 11) is -0.303. The van der Waals surface area contributed by atoms with Gasteiger partial charge in [-0.2, -0.15) is 5.10 Å². The molecule has 0 aliphatic carbocycles. The predicted molar refractivity (Wildman–Crippen MR) is 129 cm³/mol. The van der Waals surface area contributed by atoms with Crippen LogP contribution >= 0.6 is 11.3 Å². The second kappa shape index (κ2) is 9.24. The van der Waals surface area contributed by atoms with Crippen molar-refractivity contribution in [3.8, 4) is 11.5 Å². The molecule has 0 radical (unpaired) electrons. The molecule has 0 spiro atoms. The first-order valence-electron chi connectivity index (χ1n) is 10.0. The Bertz CT molecular complexity index is 1300. The standard InChI is InChI=1S/C23H23N3O5S2/c1-30-20-10-5-9-17(22(20)31-2)19-14-18(24-26(19)23(27)21-11-6-12-32-21)15-7-4-8-16(13-15)25-33(3,28)29/h4-13,19,25H,14H2,1-3H3/t19-/m1/s1. The number of hydrogen-bond acceptors (Lipinski definition) is 7. The van der Waals surface area contributed by atoms with E-state index in [0.717, 1.165) is 17.4 Å². The lowest BCUT2D eigenvalue weighted by Gasteiger charge is -2.24. The SMILES string of the molecule is COc1cccc([C@H]2CC(c3cccc(NS(C)(=O)=O)c3)=NN2C(=O)c2cccs2)c1OC. The zero-order chi connectivity index (χ0) is 23.6. The quantitative estimate of drug-likeness (QED) is 0.543. The van der Waals surface area contributed by atoms with Crippen LogP contribution in [0.5, 0.6) is 11.5 Å². The molecule has 33 heavy (non-hydrogen) atoms. The van der Waals surface area contributed by atoms with Gasteiger partial charge in [-0.3, -0.25) is 9.52 Å². The number of para-hydroxylation sites is 1. The van der Waals surface area contributed by atoms with Crippen molar-refractivity contribution in [2.45, 2.75) is 12.5 Å². The molecule has 1 aliphatic rings. The van der Waals surface area contributed by atoms with Crippen molar-refractivity contribution < 1.29 is 22.7 Å². The summed E-state index contributed by atoms with van der Waals surface area (Å²) in [6.45, 7) is 0. The molecule has 4 rings (SSSR count). The largest absolute Gasteiger partial charge is 0.493 e. The number of thiophene rings is 1. The third-order valence-corrected chi connectivity index (χ3v) is 6.61. The van der Waals surface area contributed by atoms with E-state index >= 15 is 0 Å². The first kappa shape index (κ1) is 22.8.